The minimum absolute atomic E-state index is 0.632. The molecule has 0 saturated heterocycles. The Balaban J connectivity index is 0.789. The van der Waals surface area contributed by atoms with Crippen LogP contribution in [0.3, 0.4) is 0 Å². The van der Waals surface area contributed by atoms with Crippen molar-refractivity contribution < 1.29 is 13.3 Å². The molecular formula is C80H45N5O3. The molecule has 20 aromatic rings. The Bertz CT molecular complexity index is 6380. The van der Waals surface area contributed by atoms with Crippen molar-refractivity contribution in [2.24, 2.45) is 0 Å². The van der Waals surface area contributed by atoms with Crippen molar-refractivity contribution in [3.8, 4) is 50.8 Å². The van der Waals surface area contributed by atoms with Gasteiger partial charge in [0, 0.05) is 82.1 Å². The van der Waals surface area contributed by atoms with Crippen LogP contribution in [0.4, 0.5) is 0 Å². The van der Waals surface area contributed by atoms with Gasteiger partial charge in [0.1, 0.15) is 33.5 Å². The van der Waals surface area contributed by atoms with Crippen LogP contribution in [-0.2, 0) is 0 Å². The summed E-state index contributed by atoms with van der Waals surface area (Å²) in [5, 5.41) is 14.6. The van der Waals surface area contributed by atoms with Gasteiger partial charge < -0.3 is 27.0 Å². The first-order valence-electron chi connectivity index (χ1n) is 29.8. The fourth-order valence-corrected chi connectivity index (χ4v) is 14.6. The summed E-state index contributed by atoms with van der Waals surface area (Å²) in [6, 6.07) is 97.1. The molecule has 0 fully saturated rings. The molecule has 88 heavy (non-hydrogen) atoms. The zero-order chi connectivity index (χ0) is 57.3. The van der Waals surface area contributed by atoms with E-state index in [0.29, 0.717) is 5.82 Å². The normalized spacial score (nSPS) is 12.3. The van der Waals surface area contributed by atoms with Gasteiger partial charge in [0.2, 0.25) is 0 Å². The monoisotopic (exact) mass is 1120 g/mol. The topological polar surface area (TPSA) is 80.0 Å². The number of furan rings is 3. The first kappa shape index (κ1) is 47.4. The summed E-state index contributed by atoms with van der Waals surface area (Å²) >= 11 is 0. The molecule has 0 atom stereocenters. The van der Waals surface area contributed by atoms with Crippen LogP contribution in [0.2, 0.25) is 0 Å². The summed E-state index contributed by atoms with van der Waals surface area (Å²) in [6.45, 7) is 0. The number of hydrogen-bond acceptors (Lipinski definition) is 5. The molecule has 0 aliphatic heterocycles. The molecule has 0 saturated carbocycles. The first-order chi connectivity index (χ1) is 43.6. The summed E-state index contributed by atoms with van der Waals surface area (Å²) in [5.41, 5.74) is 20.7. The Morgan fingerprint density at radius 1 is 0.239 bits per heavy atom. The Kier molecular flexibility index (Phi) is 9.57. The van der Waals surface area contributed by atoms with Gasteiger partial charge in [-0.1, -0.05) is 140 Å². The maximum absolute atomic E-state index is 6.54. The van der Waals surface area contributed by atoms with E-state index in [4.69, 9.17) is 23.2 Å². The fourth-order valence-electron chi connectivity index (χ4n) is 14.6. The highest BCUT2D eigenvalue weighted by atomic mass is 16.3. The van der Waals surface area contributed by atoms with Crippen molar-refractivity contribution >= 4 is 142 Å². The minimum Gasteiger partial charge on any atom is -0.456 e. The summed E-state index contributed by atoms with van der Waals surface area (Å²) in [7, 11) is 0. The van der Waals surface area contributed by atoms with E-state index < -0.39 is 0 Å². The predicted octanol–water partition coefficient (Wildman–Crippen LogP) is 21.6. The van der Waals surface area contributed by atoms with Gasteiger partial charge in [0.25, 0.3) is 0 Å². The van der Waals surface area contributed by atoms with Gasteiger partial charge in [0.15, 0.2) is 5.82 Å². The van der Waals surface area contributed by atoms with E-state index in [1.54, 1.807) is 0 Å². The van der Waals surface area contributed by atoms with Gasteiger partial charge in [-0.25, -0.2) is 9.97 Å². The molecule has 0 N–H and O–H groups in total. The van der Waals surface area contributed by atoms with E-state index in [-0.39, 0.29) is 0 Å². The molecule has 0 radical (unpaired) electrons. The standard InChI is InChI=1S/C80H45N5O3/c1-7-25-64-53(19-1)56-36-40-70-73(59-22-4-10-28-67(59)86-70)77(56)83(64)50-34-31-46(32-35-50)80-81-63-39-33-48(47-15-13-17-51(43-47)84-65-26-8-2-20-54(65)57-37-41-71-74(78(57)84)60-23-5-11-29-68(60)87-71)45-62(63)76(82-80)49-16-14-18-52(44-49)85-66-27-9-3-21-55(66)58-38-42-72-75(79(58)85)61-24-6-12-30-69(61)88-72/h1-45H. The molecule has 7 aromatic heterocycles. The lowest BCUT2D eigenvalue weighted by Gasteiger charge is -2.15. The Labute approximate surface area is 500 Å². The lowest BCUT2D eigenvalue weighted by molar-refractivity contribution is 0.669. The Morgan fingerprint density at radius 3 is 1.12 bits per heavy atom. The third kappa shape index (κ3) is 6.62. The number of nitrogens with zero attached hydrogens (tertiary/aromatic N) is 5. The molecule has 20 rings (SSSR count). The van der Waals surface area contributed by atoms with Gasteiger partial charge in [-0.3, -0.25) is 0 Å². The van der Waals surface area contributed by atoms with Crippen LogP contribution in [0, 0.1) is 0 Å². The van der Waals surface area contributed by atoms with E-state index in [1.807, 2.05) is 24.3 Å². The van der Waals surface area contributed by atoms with E-state index >= 15 is 0 Å². The van der Waals surface area contributed by atoms with Gasteiger partial charge in [-0.15, -0.1) is 0 Å². The second-order valence-electron chi connectivity index (χ2n) is 23.1. The molecule has 7 heterocycles. The molecule has 0 spiro atoms. The zero-order valence-electron chi connectivity index (χ0n) is 46.9. The summed E-state index contributed by atoms with van der Waals surface area (Å²) in [6.07, 6.45) is 0. The SMILES string of the molecule is c1cc(-c2ccc3nc(-c4ccc(-n5c6ccccc6c6ccc7oc8ccccc8c7c65)cc4)nc(-c4cccc(-n5c6ccccc6c6ccc7oc8ccccc8c7c65)c4)c3c2)cc(-n2c3ccccc3c3ccc4oc5ccccc5c4c32)c1. The van der Waals surface area contributed by atoms with Crippen LogP contribution >= 0.6 is 0 Å². The van der Waals surface area contributed by atoms with Crippen molar-refractivity contribution in [1.29, 1.82) is 0 Å². The quantitative estimate of drug-likeness (QED) is 0.166. The predicted molar refractivity (Wildman–Crippen MR) is 361 cm³/mol. The average molecular weight is 1120 g/mol. The number of fused-ring (bicyclic) bond motifs is 22. The van der Waals surface area contributed by atoms with Crippen LogP contribution in [0.5, 0.6) is 0 Å². The molecular weight excluding hydrogens is 1080 g/mol. The number of para-hydroxylation sites is 6. The molecule has 0 bridgehead atoms. The summed E-state index contributed by atoms with van der Waals surface area (Å²) < 4.78 is 26.7. The second kappa shape index (κ2) is 17.8. The van der Waals surface area contributed by atoms with Crippen molar-refractivity contribution in [2.45, 2.75) is 0 Å². The molecule has 8 nitrogen and oxygen atoms in total. The summed E-state index contributed by atoms with van der Waals surface area (Å²) in [5.74, 6) is 0.632. The second-order valence-corrected chi connectivity index (χ2v) is 23.1. The van der Waals surface area contributed by atoms with Gasteiger partial charge in [0.05, 0.1) is 60.5 Å². The van der Waals surface area contributed by atoms with Crippen molar-refractivity contribution in [2.75, 3.05) is 0 Å². The average Bonchev–Trinajstić information content (AvgIpc) is 1.70. The fraction of sp³-hybridized carbons (Fsp3) is 0. The van der Waals surface area contributed by atoms with Crippen molar-refractivity contribution in [1.82, 2.24) is 23.7 Å². The lowest BCUT2D eigenvalue weighted by Crippen LogP contribution is -1.99. The highest BCUT2D eigenvalue weighted by molar-refractivity contribution is 6.27. The zero-order valence-corrected chi connectivity index (χ0v) is 46.9. The largest absolute Gasteiger partial charge is 0.456 e. The van der Waals surface area contributed by atoms with Crippen LogP contribution in [0.1, 0.15) is 0 Å². The molecule has 13 aromatic carbocycles. The van der Waals surface area contributed by atoms with Crippen molar-refractivity contribution in [3.05, 3.63) is 273 Å². The Hall–Kier alpha value is -12.0. The minimum atomic E-state index is 0.632. The van der Waals surface area contributed by atoms with Gasteiger partial charge in [-0.05, 0) is 145 Å². The van der Waals surface area contributed by atoms with E-state index in [2.05, 4.69) is 262 Å². The van der Waals surface area contributed by atoms with Gasteiger partial charge >= 0.3 is 0 Å². The number of hydrogen-bond donors (Lipinski definition) is 0. The number of aromatic nitrogens is 5. The number of benzene rings is 13. The Morgan fingerprint density at radius 2 is 0.636 bits per heavy atom. The molecule has 0 unspecified atom stereocenters. The highest BCUT2D eigenvalue weighted by Crippen LogP contribution is 2.46. The first-order valence-corrected chi connectivity index (χ1v) is 29.8. The highest BCUT2D eigenvalue weighted by Gasteiger charge is 2.24. The maximum Gasteiger partial charge on any atom is 0.160 e. The van der Waals surface area contributed by atoms with E-state index in [0.717, 1.165) is 160 Å². The van der Waals surface area contributed by atoms with Crippen LogP contribution in [0.15, 0.2) is 286 Å². The molecule has 0 aliphatic carbocycles. The van der Waals surface area contributed by atoms with E-state index in [1.165, 1.54) is 26.9 Å². The molecule has 0 aliphatic rings. The lowest BCUT2D eigenvalue weighted by atomic mass is 9.99. The molecule has 408 valence electrons. The van der Waals surface area contributed by atoms with E-state index in [9.17, 15) is 0 Å². The molecule has 0 amide bonds. The number of rotatable bonds is 6. The maximum atomic E-state index is 6.54. The third-order valence-electron chi connectivity index (χ3n) is 18.4. The summed E-state index contributed by atoms with van der Waals surface area (Å²) in [4.78, 5) is 11.1. The van der Waals surface area contributed by atoms with Crippen LogP contribution in [-0.4, -0.2) is 23.7 Å². The third-order valence-corrected chi connectivity index (χ3v) is 18.4. The smallest absolute Gasteiger partial charge is 0.160 e. The van der Waals surface area contributed by atoms with Crippen molar-refractivity contribution in [3.63, 3.8) is 0 Å². The van der Waals surface area contributed by atoms with Gasteiger partial charge in [-0.2, -0.15) is 0 Å². The van der Waals surface area contributed by atoms with Crippen LogP contribution in [0.25, 0.3) is 193 Å². The molecule has 8 heteroatoms. The van der Waals surface area contributed by atoms with Crippen LogP contribution < -0.4 is 0 Å².